The van der Waals surface area contributed by atoms with E-state index in [1.165, 1.54) is 35.7 Å². The maximum atomic E-state index is 14.5. The zero-order valence-electron chi connectivity index (χ0n) is 18.2. The van der Waals surface area contributed by atoms with E-state index in [1.54, 1.807) is 13.8 Å². The summed E-state index contributed by atoms with van der Waals surface area (Å²) in [5.41, 5.74) is -0.0917. The van der Waals surface area contributed by atoms with Gasteiger partial charge in [-0.25, -0.2) is 12.8 Å². The molecule has 4 saturated carbocycles. The second kappa shape index (κ2) is 7.90. The first-order valence-electron chi connectivity index (χ1n) is 11.3. The Balaban J connectivity index is 1.55. The SMILES string of the molecule is CCN(CC)S(=O)(=O)c1ccc(F)c(C(=O)N[C@@H](C)C23CC4CC(CC(C4)C2)C3)c1. The molecule has 5 rings (SSSR count). The second-order valence-corrected chi connectivity index (χ2v) is 11.6. The van der Waals surface area contributed by atoms with Crippen LogP contribution in [0.2, 0.25) is 0 Å². The van der Waals surface area contributed by atoms with E-state index in [4.69, 9.17) is 0 Å². The third-order valence-corrected chi connectivity index (χ3v) is 9.92. The molecule has 0 aliphatic heterocycles. The predicted octanol–water partition coefficient (Wildman–Crippen LogP) is 4.19. The lowest BCUT2D eigenvalue weighted by atomic mass is 9.48. The number of carbonyl (C=O) groups is 1. The van der Waals surface area contributed by atoms with Crippen LogP contribution in [0.4, 0.5) is 4.39 Å². The van der Waals surface area contributed by atoms with Gasteiger partial charge in [-0.2, -0.15) is 4.31 Å². The van der Waals surface area contributed by atoms with Crippen molar-refractivity contribution in [2.45, 2.75) is 70.2 Å². The normalized spacial score (nSPS) is 31.2. The fourth-order valence-corrected chi connectivity index (χ4v) is 8.17. The van der Waals surface area contributed by atoms with Crippen molar-refractivity contribution in [3.8, 4) is 0 Å². The highest BCUT2D eigenvalue weighted by molar-refractivity contribution is 7.89. The van der Waals surface area contributed by atoms with Crippen molar-refractivity contribution in [2.24, 2.45) is 23.2 Å². The van der Waals surface area contributed by atoms with Gasteiger partial charge in [0.25, 0.3) is 5.91 Å². The number of hydrogen-bond acceptors (Lipinski definition) is 3. The van der Waals surface area contributed by atoms with E-state index in [0.717, 1.165) is 43.1 Å². The summed E-state index contributed by atoms with van der Waals surface area (Å²) in [6, 6.07) is 3.45. The van der Waals surface area contributed by atoms with Crippen molar-refractivity contribution >= 4 is 15.9 Å². The summed E-state index contributed by atoms with van der Waals surface area (Å²) < 4.78 is 41.4. The zero-order valence-corrected chi connectivity index (χ0v) is 19.0. The minimum Gasteiger partial charge on any atom is -0.349 e. The lowest BCUT2D eigenvalue weighted by Crippen LogP contribution is -2.55. The van der Waals surface area contributed by atoms with Crippen molar-refractivity contribution in [3.05, 3.63) is 29.6 Å². The molecule has 0 unspecified atom stereocenters. The summed E-state index contributed by atoms with van der Waals surface area (Å²) in [6.45, 7) is 6.19. The zero-order chi connectivity index (χ0) is 21.7. The molecule has 1 amide bonds. The molecule has 7 heteroatoms. The number of hydrogen-bond donors (Lipinski definition) is 1. The van der Waals surface area contributed by atoms with Gasteiger partial charge in [0, 0.05) is 19.1 Å². The molecule has 0 saturated heterocycles. The van der Waals surface area contributed by atoms with Gasteiger partial charge in [0.05, 0.1) is 10.5 Å². The van der Waals surface area contributed by atoms with Gasteiger partial charge in [0.1, 0.15) is 5.82 Å². The molecule has 1 N–H and O–H groups in total. The van der Waals surface area contributed by atoms with Crippen LogP contribution in [-0.2, 0) is 10.0 Å². The van der Waals surface area contributed by atoms with E-state index < -0.39 is 21.7 Å². The van der Waals surface area contributed by atoms with Gasteiger partial charge < -0.3 is 5.32 Å². The van der Waals surface area contributed by atoms with E-state index in [1.807, 2.05) is 6.92 Å². The fourth-order valence-electron chi connectivity index (χ4n) is 6.69. The maximum Gasteiger partial charge on any atom is 0.254 e. The van der Waals surface area contributed by atoms with Crippen LogP contribution in [0.25, 0.3) is 0 Å². The van der Waals surface area contributed by atoms with Crippen LogP contribution in [0.1, 0.15) is 69.7 Å². The van der Waals surface area contributed by atoms with Crippen LogP contribution >= 0.6 is 0 Å². The Kier molecular flexibility index (Phi) is 5.73. The molecule has 166 valence electrons. The topological polar surface area (TPSA) is 66.5 Å². The van der Waals surface area contributed by atoms with E-state index in [-0.39, 0.29) is 21.9 Å². The molecule has 0 heterocycles. The lowest BCUT2D eigenvalue weighted by molar-refractivity contribution is -0.0688. The van der Waals surface area contributed by atoms with Gasteiger partial charge >= 0.3 is 0 Å². The Morgan fingerprint density at radius 3 is 2.17 bits per heavy atom. The number of benzene rings is 1. The molecule has 4 aliphatic carbocycles. The average molecular weight is 437 g/mol. The van der Waals surface area contributed by atoms with Gasteiger partial charge in [-0.15, -0.1) is 0 Å². The van der Waals surface area contributed by atoms with E-state index in [9.17, 15) is 17.6 Å². The van der Waals surface area contributed by atoms with Gasteiger partial charge in [0.15, 0.2) is 0 Å². The van der Waals surface area contributed by atoms with Crippen LogP contribution < -0.4 is 5.32 Å². The van der Waals surface area contributed by atoms with E-state index >= 15 is 0 Å². The fraction of sp³-hybridized carbons (Fsp3) is 0.696. The Bertz CT molecular complexity index is 891. The number of carbonyl (C=O) groups excluding carboxylic acids is 1. The molecule has 4 bridgehead atoms. The average Bonchev–Trinajstić information content (AvgIpc) is 2.67. The van der Waals surface area contributed by atoms with Gasteiger partial charge in [0.2, 0.25) is 10.0 Å². The quantitative estimate of drug-likeness (QED) is 0.697. The number of nitrogens with zero attached hydrogens (tertiary/aromatic N) is 1. The van der Waals surface area contributed by atoms with Crippen molar-refractivity contribution in [2.75, 3.05) is 13.1 Å². The smallest absolute Gasteiger partial charge is 0.254 e. The summed E-state index contributed by atoms with van der Waals surface area (Å²) >= 11 is 0. The first-order chi connectivity index (χ1) is 14.2. The summed E-state index contributed by atoms with van der Waals surface area (Å²) in [4.78, 5) is 13.0. The Hall–Kier alpha value is -1.47. The summed E-state index contributed by atoms with van der Waals surface area (Å²) in [5.74, 6) is 1.07. The van der Waals surface area contributed by atoms with Crippen LogP contribution in [0.3, 0.4) is 0 Å². The molecule has 0 radical (unpaired) electrons. The molecule has 4 fully saturated rings. The molecule has 1 atom stereocenters. The Labute approximate surface area is 179 Å². The third kappa shape index (κ3) is 3.68. The first-order valence-corrected chi connectivity index (χ1v) is 12.7. The molecule has 0 aromatic heterocycles. The van der Waals surface area contributed by atoms with E-state index in [2.05, 4.69) is 5.32 Å². The van der Waals surface area contributed by atoms with E-state index in [0.29, 0.717) is 13.1 Å². The van der Waals surface area contributed by atoms with Gasteiger partial charge in [-0.3, -0.25) is 4.79 Å². The standard InChI is InChI=1S/C23H33FN2O3S/c1-4-26(5-2)30(28,29)19-6-7-21(24)20(11-19)22(27)25-15(3)23-12-16-8-17(13-23)10-18(9-16)14-23/h6-7,11,15-18H,4-5,8-10,12-14H2,1-3H3,(H,25,27)/t15-,16?,17?,18?,23?/m0/s1. The number of halogens is 1. The van der Waals surface area contributed by atoms with Crippen molar-refractivity contribution in [1.82, 2.24) is 9.62 Å². The molecule has 5 nitrogen and oxygen atoms in total. The van der Waals surface area contributed by atoms with Crippen molar-refractivity contribution in [3.63, 3.8) is 0 Å². The molecule has 1 aromatic carbocycles. The first kappa shape index (κ1) is 21.8. The number of rotatable bonds is 7. The second-order valence-electron chi connectivity index (χ2n) is 9.71. The monoisotopic (exact) mass is 436 g/mol. The van der Waals surface area contributed by atoms with Crippen LogP contribution in [0.15, 0.2) is 23.1 Å². The predicted molar refractivity (Wildman–Crippen MR) is 114 cm³/mol. The third-order valence-electron chi connectivity index (χ3n) is 7.88. The molecule has 30 heavy (non-hydrogen) atoms. The number of nitrogens with one attached hydrogen (secondary N) is 1. The summed E-state index contributed by atoms with van der Waals surface area (Å²) in [5, 5.41) is 3.04. The summed E-state index contributed by atoms with van der Waals surface area (Å²) in [7, 11) is -3.75. The molecule has 1 aromatic rings. The van der Waals surface area contributed by atoms with Crippen molar-refractivity contribution in [1.29, 1.82) is 0 Å². The van der Waals surface area contributed by atoms with Crippen LogP contribution in [0.5, 0.6) is 0 Å². The number of sulfonamides is 1. The summed E-state index contributed by atoms with van der Waals surface area (Å²) in [6.07, 6.45) is 7.37. The lowest BCUT2D eigenvalue weighted by Gasteiger charge is -2.59. The van der Waals surface area contributed by atoms with Gasteiger partial charge in [-0.1, -0.05) is 13.8 Å². The van der Waals surface area contributed by atoms with Crippen LogP contribution in [-0.4, -0.2) is 37.8 Å². The molecule has 0 spiro atoms. The largest absolute Gasteiger partial charge is 0.349 e. The highest BCUT2D eigenvalue weighted by atomic mass is 32.2. The minimum atomic E-state index is -3.75. The number of amides is 1. The van der Waals surface area contributed by atoms with Gasteiger partial charge in [-0.05, 0) is 86.8 Å². The Morgan fingerprint density at radius 2 is 1.67 bits per heavy atom. The van der Waals surface area contributed by atoms with Crippen molar-refractivity contribution < 1.29 is 17.6 Å². The molecular weight excluding hydrogens is 403 g/mol. The Morgan fingerprint density at radius 1 is 1.13 bits per heavy atom. The maximum absolute atomic E-state index is 14.5. The molecular formula is C23H33FN2O3S. The highest BCUT2D eigenvalue weighted by Crippen LogP contribution is 2.61. The molecule has 4 aliphatic rings. The minimum absolute atomic E-state index is 0.0415. The van der Waals surface area contributed by atoms with Crippen LogP contribution in [0, 0.1) is 29.0 Å². The highest BCUT2D eigenvalue weighted by Gasteiger charge is 2.53.